The van der Waals surface area contributed by atoms with Crippen LogP contribution in [-0.4, -0.2) is 52.4 Å². The fraction of sp³-hybridized carbons (Fsp3) is 0.318. The molecule has 0 spiro atoms. The smallest absolute Gasteiger partial charge is 0.242 e. The van der Waals surface area contributed by atoms with Gasteiger partial charge in [0.15, 0.2) is 17.3 Å². The van der Waals surface area contributed by atoms with Gasteiger partial charge in [0.2, 0.25) is 10.0 Å². The third kappa shape index (κ3) is 3.93. The molecule has 0 fully saturated rings. The van der Waals surface area contributed by atoms with Crippen LogP contribution in [0.3, 0.4) is 0 Å². The zero-order valence-electron chi connectivity index (χ0n) is 17.0. The van der Waals surface area contributed by atoms with E-state index in [0.29, 0.717) is 36.8 Å². The van der Waals surface area contributed by atoms with Gasteiger partial charge in [-0.3, -0.25) is 4.79 Å². The van der Waals surface area contributed by atoms with Gasteiger partial charge in [-0.15, -0.1) is 0 Å². The summed E-state index contributed by atoms with van der Waals surface area (Å²) in [7, 11) is -0.691. The number of nitrogens with zero attached hydrogens (tertiary/aromatic N) is 1. The van der Waals surface area contributed by atoms with Crippen LogP contribution in [0.15, 0.2) is 47.4 Å². The number of allylic oxidation sites excluding steroid dienone is 1. The van der Waals surface area contributed by atoms with Crippen molar-refractivity contribution in [3.8, 4) is 11.5 Å². The average Bonchev–Trinajstić information content (AvgIpc) is 2.97. The second-order valence-corrected chi connectivity index (χ2v) is 9.57. The first-order valence-electron chi connectivity index (χ1n) is 9.81. The molecule has 0 atom stereocenters. The van der Waals surface area contributed by atoms with Gasteiger partial charge in [-0.05, 0) is 36.2 Å². The van der Waals surface area contributed by atoms with E-state index in [1.807, 2.05) is 12.1 Å². The minimum absolute atomic E-state index is 0.0876. The summed E-state index contributed by atoms with van der Waals surface area (Å²) in [4.78, 5) is 13.0. The molecule has 2 aliphatic rings. The number of rotatable bonds is 4. The van der Waals surface area contributed by atoms with Gasteiger partial charge in [0.1, 0.15) is 0 Å². The van der Waals surface area contributed by atoms with Crippen LogP contribution in [0.5, 0.6) is 11.5 Å². The van der Waals surface area contributed by atoms with Gasteiger partial charge in [-0.2, -0.15) is 0 Å². The van der Waals surface area contributed by atoms with Crippen molar-refractivity contribution in [2.45, 2.75) is 17.7 Å². The van der Waals surface area contributed by atoms with Crippen molar-refractivity contribution in [3.05, 3.63) is 59.2 Å². The standard InChI is InChI=1S/C22H24N2O5S/c1-24(2)30(26,27)17-6-3-5-16(11-17)20(25)14-19-18-13-22-21(28-9-4-10-29-22)12-15(18)7-8-23-19/h3,5-6,11-14,23H,4,7-10H2,1-2H3. The maximum atomic E-state index is 12.9. The number of hydrogen-bond acceptors (Lipinski definition) is 6. The molecule has 0 saturated carbocycles. The van der Waals surface area contributed by atoms with Crippen LogP contribution in [0.4, 0.5) is 0 Å². The first-order chi connectivity index (χ1) is 14.4. The van der Waals surface area contributed by atoms with E-state index in [1.54, 1.807) is 12.1 Å². The summed E-state index contributed by atoms with van der Waals surface area (Å²) >= 11 is 0. The molecule has 0 unspecified atom stereocenters. The van der Waals surface area contributed by atoms with Crippen LogP contribution >= 0.6 is 0 Å². The number of fused-ring (bicyclic) bond motifs is 2. The second-order valence-electron chi connectivity index (χ2n) is 7.42. The number of carbonyl (C=O) groups excluding carboxylic acids is 1. The number of sulfonamides is 1. The summed E-state index contributed by atoms with van der Waals surface area (Å²) in [5, 5.41) is 3.28. The predicted octanol–water partition coefficient (Wildman–Crippen LogP) is 2.47. The first-order valence-corrected chi connectivity index (χ1v) is 11.3. The summed E-state index contributed by atoms with van der Waals surface area (Å²) < 4.78 is 37.5. The number of hydrogen-bond donors (Lipinski definition) is 1. The molecule has 0 radical (unpaired) electrons. The first kappa shape index (κ1) is 20.4. The molecule has 0 amide bonds. The molecule has 1 N–H and O–H groups in total. The van der Waals surface area contributed by atoms with Crippen molar-refractivity contribution in [1.82, 2.24) is 9.62 Å². The lowest BCUT2D eigenvalue weighted by Crippen LogP contribution is -2.24. The lowest BCUT2D eigenvalue weighted by molar-refractivity contribution is 0.104. The number of ketones is 1. The van der Waals surface area contributed by atoms with Crippen LogP contribution in [0.1, 0.15) is 27.9 Å². The molecule has 0 bridgehead atoms. The Morgan fingerprint density at radius 1 is 1.10 bits per heavy atom. The summed E-state index contributed by atoms with van der Waals surface area (Å²) in [6, 6.07) is 9.99. The summed E-state index contributed by atoms with van der Waals surface area (Å²) in [6.45, 7) is 1.91. The molecule has 2 aromatic carbocycles. The van der Waals surface area contributed by atoms with Gasteiger partial charge in [0.25, 0.3) is 0 Å². The molecule has 0 aromatic heterocycles. The highest BCUT2D eigenvalue weighted by molar-refractivity contribution is 7.89. The van der Waals surface area contributed by atoms with Gasteiger partial charge < -0.3 is 14.8 Å². The Hall–Kier alpha value is -2.84. The Kier molecular flexibility index (Phi) is 5.53. The number of ether oxygens (including phenoxy) is 2. The van der Waals surface area contributed by atoms with E-state index in [1.165, 1.54) is 32.3 Å². The lowest BCUT2D eigenvalue weighted by Gasteiger charge is -2.23. The monoisotopic (exact) mass is 428 g/mol. The van der Waals surface area contributed by atoms with Crippen molar-refractivity contribution < 1.29 is 22.7 Å². The molecule has 2 aromatic rings. The summed E-state index contributed by atoms with van der Waals surface area (Å²) in [5.74, 6) is 1.14. The Bertz CT molecular complexity index is 1120. The van der Waals surface area contributed by atoms with Crippen molar-refractivity contribution in [1.29, 1.82) is 0 Å². The van der Waals surface area contributed by atoms with Crippen LogP contribution in [0.2, 0.25) is 0 Å². The van der Waals surface area contributed by atoms with E-state index in [9.17, 15) is 13.2 Å². The fourth-order valence-corrected chi connectivity index (χ4v) is 4.45. The fourth-order valence-electron chi connectivity index (χ4n) is 3.50. The molecule has 30 heavy (non-hydrogen) atoms. The molecule has 0 saturated heterocycles. The van der Waals surface area contributed by atoms with Crippen molar-refractivity contribution in [3.63, 3.8) is 0 Å². The Morgan fingerprint density at radius 2 is 1.83 bits per heavy atom. The van der Waals surface area contributed by atoms with Crippen molar-refractivity contribution in [2.24, 2.45) is 0 Å². The summed E-state index contributed by atoms with van der Waals surface area (Å²) in [6.07, 6.45) is 3.16. The SMILES string of the molecule is CN(C)S(=O)(=O)c1cccc(C(=O)C=C2NCCc3cc4c(cc32)OCCCO4)c1. The van der Waals surface area contributed by atoms with Crippen molar-refractivity contribution >= 4 is 21.5 Å². The van der Waals surface area contributed by atoms with E-state index in [2.05, 4.69) is 5.32 Å². The van der Waals surface area contributed by atoms with Gasteiger partial charge in [-0.25, -0.2) is 12.7 Å². The maximum Gasteiger partial charge on any atom is 0.242 e. The van der Waals surface area contributed by atoms with E-state index in [4.69, 9.17) is 9.47 Å². The highest BCUT2D eigenvalue weighted by Gasteiger charge is 2.22. The number of carbonyl (C=O) groups is 1. The minimum Gasteiger partial charge on any atom is -0.490 e. The third-order valence-electron chi connectivity index (χ3n) is 5.15. The molecule has 0 aliphatic carbocycles. The number of nitrogens with one attached hydrogen (secondary N) is 1. The molecule has 4 rings (SSSR count). The van der Waals surface area contributed by atoms with Crippen LogP contribution < -0.4 is 14.8 Å². The molecule has 2 aliphatic heterocycles. The van der Waals surface area contributed by atoms with Gasteiger partial charge in [0.05, 0.1) is 18.1 Å². The molecule has 7 nitrogen and oxygen atoms in total. The molecule has 8 heteroatoms. The zero-order chi connectivity index (χ0) is 21.3. The van der Waals surface area contributed by atoms with Gasteiger partial charge in [0, 0.05) is 50.0 Å². The van der Waals surface area contributed by atoms with Gasteiger partial charge in [-0.1, -0.05) is 12.1 Å². The van der Waals surface area contributed by atoms with E-state index in [0.717, 1.165) is 34.0 Å². The van der Waals surface area contributed by atoms with Crippen LogP contribution in [0.25, 0.3) is 5.70 Å². The summed E-state index contributed by atoms with van der Waals surface area (Å²) in [5.41, 5.74) is 2.99. The predicted molar refractivity (Wildman–Crippen MR) is 113 cm³/mol. The van der Waals surface area contributed by atoms with E-state index < -0.39 is 10.0 Å². The number of benzene rings is 2. The van der Waals surface area contributed by atoms with Crippen LogP contribution in [-0.2, 0) is 16.4 Å². The highest BCUT2D eigenvalue weighted by Crippen LogP contribution is 2.36. The second kappa shape index (κ2) is 8.12. The topological polar surface area (TPSA) is 84.9 Å². The molecule has 2 heterocycles. The Balaban J connectivity index is 1.69. The minimum atomic E-state index is -3.61. The third-order valence-corrected chi connectivity index (χ3v) is 6.96. The molecular weight excluding hydrogens is 404 g/mol. The highest BCUT2D eigenvalue weighted by atomic mass is 32.2. The molecule has 158 valence electrons. The largest absolute Gasteiger partial charge is 0.490 e. The average molecular weight is 429 g/mol. The lowest BCUT2D eigenvalue weighted by atomic mass is 9.95. The molecular formula is C22H24N2O5S. The van der Waals surface area contributed by atoms with E-state index in [-0.39, 0.29) is 10.7 Å². The van der Waals surface area contributed by atoms with Crippen molar-refractivity contribution in [2.75, 3.05) is 33.9 Å². The quantitative estimate of drug-likeness (QED) is 0.595. The Labute approximate surface area is 176 Å². The van der Waals surface area contributed by atoms with E-state index >= 15 is 0 Å². The van der Waals surface area contributed by atoms with Crippen LogP contribution in [0, 0.1) is 0 Å². The van der Waals surface area contributed by atoms with Gasteiger partial charge >= 0.3 is 0 Å². The zero-order valence-corrected chi connectivity index (χ0v) is 17.8. The Morgan fingerprint density at radius 3 is 2.57 bits per heavy atom. The maximum absolute atomic E-state index is 12.9. The normalized spacial score (nSPS) is 17.2.